The molecule has 4 atom stereocenters. The van der Waals surface area contributed by atoms with Crippen molar-refractivity contribution in [3.63, 3.8) is 0 Å². The molecule has 9 rings (SSSR count). The highest BCUT2D eigenvalue weighted by atomic mass is 32.1. The van der Waals surface area contributed by atoms with E-state index in [1.165, 1.54) is 21.2 Å². The Morgan fingerprint density at radius 2 is 1.86 bits per heavy atom. The molecule has 5 aliphatic heterocycles. The molecule has 0 saturated carbocycles. The van der Waals surface area contributed by atoms with E-state index in [2.05, 4.69) is 65.2 Å². The molecule has 19 heteroatoms. The van der Waals surface area contributed by atoms with Gasteiger partial charge in [0.2, 0.25) is 11.8 Å². The van der Waals surface area contributed by atoms with Gasteiger partial charge in [-0.1, -0.05) is 39.8 Å². The first-order valence-electron chi connectivity index (χ1n) is 25.9. The predicted octanol–water partition coefficient (Wildman–Crippen LogP) is 5.45. The normalized spacial score (nSPS) is 22.2. The summed E-state index contributed by atoms with van der Waals surface area (Å²) in [4.78, 5) is 88.1. The number of thiazole rings is 1. The molecule has 8 heterocycles. The summed E-state index contributed by atoms with van der Waals surface area (Å²) in [6, 6.07) is 7.32. The van der Waals surface area contributed by atoms with Crippen LogP contribution in [0.15, 0.2) is 54.1 Å². The Hall–Kier alpha value is -5.73. The Morgan fingerprint density at radius 3 is 2.58 bits per heavy atom. The topological polar surface area (TPSA) is 184 Å². The lowest BCUT2D eigenvalue weighted by Crippen LogP contribution is -2.79. The summed E-state index contributed by atoms with van der Waals surface area (Å²) in [5.41, 5.74) is 8.80. The first-order valence-corrected chi connectivity index (χ1v) is 26.8. The summed E-state index contributed by atoms with van der Waals surface area (Å²) < 4.78 is 19.7. The number of aryl methyl sites for hydroxylation is 1. The molecule has 4 saturated heterocycles. The summed E-state index contributed by atoms with van der Waals surface area (Å²) in [7, 11) is 3.32. The third kappa shape index (κ3) is 10.7. The van der Waals surface area contributed by atoms with Gasteiger partial charge in [0.05, 0.1) is 53.6 Å². The molecule has 392 valence electrons. The number of carbonyl (C=O) groups excluding carboxylic acids is 5. The number of cyclic esters (lactones) is 1. The van der Waals surface area contributed by atoms with Crippen molar-refractivity contribution in [1.82, 2.24) is 49.9 Å². The number of benzene rings is 1. The van der Waals surface area contributed by atoms with Gasteiger partial charge in [-0.15, -0.1) is 11.3 Å². The standard InChI is InChI=1S/C54H72N10O8S/c1-9-62-43-17-16-36-27-38(43)39(48(62)37-13-10-19-55-46(37)35(4)70-8)29-53(5,6)33-72-51(68)40-14-11-21-64(58-40)50(67)41(28-44-56-42(36)30-73-44)57-49(66)47(34(2)3)59(7)52(69)63-22-18-54(63)31-61(32-54)45(65)15-12-20-60-23-25-71-26-24-60/h10,12-13,15-17,19,27,30,34-35,40-41,47,58H,9,11,14,18,20-26,28-29,31-33H2,1-8H3,(H,57,66)/b15-12+/t35-,40-,41-,47?/m0/s1. The molecule has 6 bridgehead atoms. The van der Waals surface area contributed by atoms with Gasteiger partial charge in [-0.2, -0.15) is 0 Å². The van der Waals surface area contributed by atoms with Crippen LogP contribution < -0.4 is 10.7 Å². The number of pyridine rings is 1. The van der Waals surface area contributed by atoms with Crippen molar-refractivity contribution in [2.75, 3.05) is 79.8 Å². The summed E-state index contributed by atoms with van der Waals surface area (Å²) in [6.07, 6.45) is 7.45. The minimum atomic E-state index is -1.09. The number of aromatic nitrogens is 3. The van der Waals surface area contributed by atoms with Gasteiger partial charge in [-0.3, -0.25) is 34.1 Å². The van der Waals surface area contributed by atoms with E-state index in [9.17, 15) is 24.0 Å². The van der Waals surface area contributed by atoms with Crippen LogP contribution in [0.4, 0.5) is 4.79 Å². The van der Waals surface area contributed by atoms with Gasteiger partial charge >= 0.3 is 12.0 Å². The number of nitrogens with zero attached hydrogens (tertiary/aromatic N) is 8. The summed E-state index contributed by atoms with van der Waals surface area (Å²) in [5, 5.41) is 8.17. The first kappa shape index (κ1) is 52.1. The number of ether oxygens (including phenoxy) is 3. The van der Waals surface area contributed by atoms with Crippen LogP contribution in [0.1, 0.15) is 83.2 Å². The maximum Gasteiger partial charge on any atom is 0.324 e. The lowest BCUT2D eigenvalue weighted by molar-refractivity contribution is -0.155. The zero-order chi connectivity index (χ0) is 51.8. The van der Waals surface area contributed by atoms with E-state index in [4.69, 9.17) is 24.2 Å². The van der Waals surface area contributed by atoms with Crippen LogP contribution in [0.2, 0.25) is 0 Å². The lowest BCUT2D eigenvalue weighted by atomic mass is 9.77. The smallest absolute Gasteiger partial charge is 0.324 e. The highest BCUT2D eigenvalue weighted by Gasteiger charge is 2.57. The van der Waals surface area contributed by atoms with Gasteiger partial charge in [-0.05, 0) is 75.3 Å². The first-order chi connectivity index (χ1) is 35.0. The Kier molecular flexibility index (Phi) is 15.4. The largest absolute Gasteiger partial charge is 0.464 e. The molecule has 1 unspecified atom stereocenters. The monoisotopic (exact) mass is 1020 g/mol. The second-order valence-corrected chi connectivity index (χ2v) is 22.4. The molecule has 2 N–H and O–H groups in total. The van der Waals surface area contributed by atoms with Crippen LogP contribution in [0.25, 0.3) is 33.4 Å². The van der Waals surface area contributed by atoms with Crippen LogP contribution in [-0.4, -0.2) is 172 Å². The van der Waals surface area contributed by atoms with E-state index in [-0.39, 0.29) is 37.0 Å². The number of morpholine rings is 1. The molecule has 1 aromatic carbocycles. The van der Waals surface area contributed by atoms with Gasteiger partial charge < -0.3 is 38.8 Å². The molecule has 5 amide bonds. The van der Waals surface area contributed by atoms with Gasteiger partial charge in [0, 0.05) is 118 Å². The van der Waals surface area contributed by atoms with E-state index in [0.717, 1.165) is 64.2 Å². The predicted molar refractivity (Wildman–Crippen MR) is 278 cm³/mol. The Labute approximate surface area is 432 Å². The van der Waals surface area contributed by atoms with Crippen LogP contribution in [-0.2, 0) is 52.8 Å². The highest BCUT2D eigenvalue weighted by Crippen LogP contribution is 2.43. The molecular weight excluding hydrogens is 949 g/mol. The summed E-state index contributed by atoms with van der Waals surface area (Å²) >= 11 is 1.41. The molecule has 4 fully saturated rings. The molecule has 0 radical (unpaired) electrons. The van der Waals surface area contributed by atoms with E-state index in [1.54, 1.807) is 36.2 Å². The van der Waals surface area contributed by atoms with Gasteiger partial charge in [0.25, 0.3) is 5.91 Å². The fourth-order valence-corrected chi connectivity index (χ4v) is 12.1. The lowest BCUT2D eigenvalue weighted by Gasteiger charge is -2.62. The third-order valence-corrected chi connectivity index (χ3v) is 16.3. The zero-order valence-electron chi connectivity index (χ0n) is 43.6. The number of hydrogen-bond acceptors (Lipinski definition) is 13. The van der Waals surface area contributed by atoms with Crippen molar-refractivity contribution in [2.45, 2.75) is 110 Å². The van der Waals surface area contributed by atoms with Gasteiger partial charge in [0.15, 0.2) is 0 Å². The molecule has 4 aromatic rings. The SMILES string of the molecule is CCn1c(-c2cccnc2[C@H](C)OC)c2c3cc(ccc31)-c1csc(n1)C[C@H](NC(=O)C(C(C)C)N(C)C(=O)N1CCC13CN(C(=O)/C=C/CN1CCOCC1)C3)C(=O)N1CCC[C@H](N1)C(=O)OCC(C)(C)C2. The van der Waals surface area contributed by atoms with Gasteiger partial charge in [-0.25, -0.2) is 15.2 Å². The van der Waals surface area contributed by atoms with Crippen LogP contribution in [0, 0.1) is 11.3 Å². The fourth-order valence-electron chi connectivity index (χ4n) is 11.2. The van der Waals surface area contributed by atoms with Crippen molar-refractivity contribution >= 4 is 52.0 Å². The minimum absolute atomic E-state index is 0.0739. The molecule has 73 heavy (non-hydrogen) atoms. The Balaban J connectivity index is 0.983. The number of hydrogen-bond donors (Lipinski definition) is 2. The number of methoxy groups -OCH3 is 1. The van der Waals surface area contributed by atoms with Crippen molar-refractivity contribution < 1.29 is 38.2 Å². The van der Waals surface area contributed by atoms with Crippen LogP contribution in [0.3, 0.4) is 0 Å². The number of hydrazine groups is 1. The third-order valence-electron chi connectivity index (χ3n) is 15.4. The molecule has 18 nitrogen and oxygen atoms in total. The molecule has 0 aliphatic carbocycles. The van der Waals surface area contributed by atoms with Gasteiger partial charge in [0.1, 0.15) is 18.1 Å². The second-order valence-electron chi connectivity index (χ2n) is 21.5. The number of carbonyl (C=O) groups is 5. The molecule has 1 spiro atoms. The zero-order valence-corrected chi connectivity index (χ0v) is 44.5. The number of likely N-dealkylation sites (N-methyl/N-ethyl adjacent to an activating group) is 1. The van der Waals surface area contributed by atoms with E-state index < -0.39 is 46.9 Å². The average molecular weight is 1020 g/mol. The Morgan fingerprint density at radius 1 is 1.08 bits per heavy atom. The minimum Gasteiger partial charge on any atom is -0.464 e. The summed E-state index contributed by atoms with van der Waals surface area (Å²) in [6.45, 7) is 18.3. The quantitative estimate of drug-likeness (QED) is 0.143. The highest BCUT2D eigenvalue weighted by molar-refractivity contribution is 7.10. The van der Waals surface area contributed by atoms with Crippen molar-refractivity contribution in [2.24, 2.45) is 11.3 Å². The average Bonchev–Trinajstić information content (AvgIpc) is 3.95. The second kappa shape index (κ2) is 21.6. The molecular formula is C54H72N10O8S. The number of fused-ring (bicyclic) bond motifs is 6. The molecule has 5 aliphatic rings. The van der Waals surface area contributed by atoms with E-state index >= 15 is 0 Å². The maximum absolute atomic E-state index is 14.8. The van der Waals surface area contributed by atoms with Crippen LogP contribution in [0.5, 0.6) is 0 Å². The number of likely N-dealkylation sites (tertiary alicyclic amines) is 2. The fraction of sp³-hybridized carbons (Fsp3) is 0.574. The van der Waals surface area contributed by atoms with Crippen LogP contribution >= 0.6 is 11.3 Å². The maximum atomic E-state index is 14.8. The van der Waals surface area contributed by atoms with Crippen molar-refractivity contribution in [3.8, 4) is 22.5 Å². The van der Waals surface area contributed by atoms with E-state index in [0.29, 0.717) is 76.8 Å². The number of amides is 5. The number of rotatable bonds is 11. The van der Waals surface area contributed by atoms with E-state index in [1.807, 2.05) is 38.3 Å². The number of esters is 1. The molecule has 3 aromatic heterocycles. The number of nitrogens with one attached hydrogen (secondary N) is 2. The van der Waals surface area contributed by atoms with Crippen molar-refractivity contribution in [3.05, 3.63) is 70.3 Å². The van der Waals surface area contributed by atoms with Crippen molar-refractivity contribution in [1.29, 1.82) is 0 Å². The Bertz CT molecular complexity index is 2740. The summed E-state index contributed by atoms with van der Waals surface area (Å²) in [5.74, 6) is -1.76. The number of urea groups is 1.